The minimum absolute atomic E-state index is 0.0856. The number of hydrogen-bond donors (Lipinski definition) is 1. The van der Waals surface area contributed by atoms with Gasteiger partial charge in [0.2, 0.25) is 0 Å². The molecule has 1 unspecified atom stereocenters. The Morgan fingerprint density at radius 1 is 0.941 bits per heavy atom. The standard InChI is InChI=1S/C29H29NO4/c1-17(2)22-16-20(14-15-24(22)34-5)27(31)25-26(21-12-8-6-10-18(21)3)30(29(33)28(25)32)23-13-9-7-11-19(23)4/h6-17,26,31H,1-5H3/b27-25+. The van der Waals surface area contributed by atoms with E-state index < -0.39 is 17.7 Å². The van der Waals surface area contributed by atoms with Crippen molar-refractivity contribution in [2.24, 2.45) is 0 Å². The van der Waals surface area contributed by atoms with Crippen molar-refractivity contribution in [1.82, 2.24) is 0 Å². The molecule has 0 aliphatic carbocycles. The Kier molecular flexibility index (Phi) is 6.29. The second-order valence-corrected chi connectivity index (χ2v) is 8.92. The van der Waals surface area contributed by atoms with Crippen LogP contribution < -0.4 is 9.64 Å². The number of benzene rings is 3. The fraction of sp³-hybridized carbons (Fsp3) is 0.241. The third kappa shape index (κ3) is 3.87. The Morgan fingerprint density at radius 2 is 1.59 bits per heavy atom. The molecular formula is C29H29NO4. The molecule has 1 atom stereocenters. The Bertz CT molecular complexity index is 1300. The summed E-state index contributed by atoms with van der Waals surface area (Å²) < 4.78 is 5.47. The highest BCUT2D eigenvalue weighted by Crippen LogP contribution is 2.44. The molecule has 34 heavy (non-hydrogen) atoms. The van der Waals surface area contributed by atoms with Crippen molar-refractivity contribution in [3.8, 4) is 5.75 Å². The summed E-state index contributed by atoms with van der Waals surface area (Å²) in [5.41, 5.74) is 4.71. The molecule has 5 nitrogen and oxygen atoms in total. The number of ketones is 1. The Balaban J connectivity index is 1.99. The molecule has 1 fully saturated rings. The van der Waals surface area contributed by atoms with Gasteiger partial charge in [-0.3, -0.25) is 14.5 Å². The molecule has 0 saturated carbocycles. The zero-order valence-electron chi connectivity index (χ0n) is 20.1. The molecule has 1 heterocycles. The average Bonchev–Trinajstić information content (AvgIpc) is 3.09. The molecule has 0 bridgehead atoms. The molecule has 1 aliphatic heterocycles. The van der Waals surface area contributed by atoms with Gasteiger partial charge in [-0.15, -0.1) is 0 Å². The van der Waals surface area contributed by atoms with Crippen molar-refractivity contribution in [2.45, 2.75) is 39.7 Å². The van der Waals surface area contributed by atoms with Crippen LogP contribution in [0.3, 0.4) is 0 Å². The fourth-order valence-corrected chi connectivity index (χ4v) is 4.59. The zero-order valence-corrected chi connectivity index (χ0v) is 20.1. The quantitative estimate of drug-likeness (QED) is 0.288. The molecule has 174 valence electrons. The zero-order chi connectivity index (χ0) is 24.6. The lowest BCUT2D eigenvalue weighted by molar-refractivity contribution is -0.132. The topological polar surface area (TPSA) is 66.8 Å². The van der Waals surface area contributed by atoms with Crippen molar-refractivity contribution < 1.29 is 19.4 Å². The number of aryl methyl sites for hydroxylation is 2. The molecule has 1 saturated heterocycles. The average molecular weight is 456 g/mol. The van der Waals surface area contributed by atoms with Crippen LogP contribution in [-0.2, 0) is 9.59 Å². The summed E-state index contributed by atoms with van der Waals surface area (Å²) in [4.78, 5) is 28.3. The number of amides is 1. The van der Waals surface area contributed by atoms with Crippen LogP contribution in [0.4, 0.5) is 5.69 Å². The summed E-state index contributed by atoms with van der Waals surface area (Å²) in [6, 6.07) is 19.7. The number of para-hydroxylation sites is 1. The van der Waals surface area contributed by atoms with E-state index in [0.717, 1.165) is 22.3 Å². The second-order valence-electron chi connectivity index (χ2n) is 8.92. The molecule has 1 N–H and O–H groups in total. The molecule has 3 aromatic carbocycles. The number of rotatable bonds is 5. The van der Waals surface area contributed by atoms with E-state index in [1.165, 1.54) is 4.90 Å². The SMILES string of the molecule is COc1ccc(/C(O)=C2\C(=O)C(=O)N(c3ccccc3C)C2c2ccccc2C)cc1C(C)C. The van der Waals surface area contributed by atoms with Crippen LogP contribution >= 0.6 is 0 Å². The smallest absolute Gasteiger partial charge is 0.300 e. The van der Waals surface area contributed by atoms with Crippen LogP contribution in [0.25, 0.3) is 5.76 Å². The van der Waals surface area contributed by atoms with E-state index in [1.807, 2.05) is 82.3 Å². The van der Waals surface area contributed by atoms with Crippen LogP contribution in [0.1, 0.15) is 53.6 Å². The van der Waals surface area contributed by atoms with Crippen LogP contribution in [0, 0.1) is 13.8 Å². The highest BCUT2D eigenvalue weighted by Gasteiger charge is 2.47. The molecular weight excluding hydrogens is 426 g/mol. The van der Waals surface area contributed by atoms with Gasteiger partial charge in [0.1, 0.15) is 11.5 Å². The van der Waals surface area contributed by atoms with Gasteiger partial charge >= 0.3 is 0 Å². The largest absolute Gasteiger partial charge is 0.507 e. The number of ether oxygens (including phenoxy) is 1. The number of carbonyl (C=O) groups excluding carboxylic acids is 2. The summed E-state index contributed by atoms with van der Waals surface area (Å²) in [7, 11) is 1.60. The van der Waals surface area contributed by atoms with E-state index in [0.29, 0.717) is 17.0 Å². The van der Waals surface area contributed by atoms with Gasteiger partial charge in [0.05, 0.1) is 18.7 Å². The maximum atomic E-state index is 13.4. The number of Topliss-reactive ketones (excluding diaryl/α,β-unsaturated/α-hetero) is 1. The highest BCUT2D eigenvalue weighted by atomic mass is 16.5. The van der Waals surface area contributed by atoms with E-state index in [4.69, 9.17) is 4.74 Å². The van der Waals surface area contributed by atoms with Crippen molar-refractivity contribution in [3.05, 3.63) is 100 Å². The lowest BCUT2D eigenvalue weighted by Gasteiger charge is -2.28. The van der Waals surface area contributed by atoms with Gasteiger partial charge < -0.3 is 9.84 Å². The summed E-state index contributed by atoms with van der Waals surface area (Å²) in [6.07, 6.45) is 0. The van der Waals surface area contributed by atoms with Gasteiger partial charge in [-0.25, -0.2) is 0 Å². The molecule has 0 radical (unpaired) electrons. The maximum absolute atomic E-state index is 13.4. The monoisotopic (exact) mass is 455 g/mol. The number of methoxy groups -OCH3 is 1. The first-order valence-corrected chi connectivity index (χ1v) is 11.4. The summed E-state index contributed by atoms with van der Waals surface area (Å²) in [6.45, 7) is 7.91. The lowest BCUT2D eigenvalue weighted by atomic mass is 9.91. The predicted octanol–water partition coefficient (Wildman–Crippen LogP) is 6.06. The molecule has 1 aliphatic rings. The summed E-state index contributed by atoms with van der Waals surface area (Å²) >= 11 is 0. The van der Waals surface area contributed by atoms with Crippen molar-refractivity contribution in [1.29, 1.82) is 0 Å². The molecule has 0 spiro atoms. The lowest BCUT2D eigenvalue weighted by Crippen LogP contribution is -2.30. The Labute approximate surface area is 200 Å². The van der Waals surface area contributed by atoms with Crippen molar-refractivity contribution >= 4 is 23.1 Å². The van der Waals surface area contributed by atoms with Gasteiger partial charge in [0.15, 0.2) is 0 Å². The van der Waals surface area contributed by atoms with E-state index in [9.17, 15) is 14.7 Å². The van der Waals surface area contributed by atoms with E-state index in [-0.39, 0.29) is 17.3 Å². The van der Waals surface area contributed by atoms with Gasteiger partial charge in [0, 0.05) is 11.3 Å². The highest BCUT2D eigenvalue weighted by molar-refractivity contribution is 6.51. The maximum Gasteiger partial charge on any atom is 0.300 e. The van der Waals surface area contributed by atoms with Crippen molar-refractivity contribution in [2.75, 3.05) is 12.0 Å². The molecule has 0 aromatic heterocycles. The van der Waals surface area contributed by atoms with Gasteiger partial charge in [0.25, 0.3) is 11.7 Å². The first-order valence-electron chi connectivity index (χ1n) is 11.4. The van der Waals surface area contributed by atoms with Crippen LogP contribution in [0.2, 0.25) is 0 Å². The van der Waals surface area contributed by atoms with Crippen LogP contribution in [0.5, 0.6) is 5.75 Å². The minimum Gasteiger partial charge on any atom is -0.507 e. The number of aliphatic hydroxyl groups excluding tert-OH is 1. The first kappa shape index (κ1) is 23.3. The first-order chi connectivity index (χ1) is 16.3. The summed E-state index contributed by atoms with van der Waals surface area (Å²) in [5, 5.41) is 11.5. The molecule has 5 heteroatoms. The second kappa shape index (κ2) is 9.18. The van der Waals surface area contributed by atoms with Crippen LogP contribution in [0.15, 0.2) is 72.3 Å². The minimum atomic E-state index is -0.744. The third-order valence-electron chi connectivity index (χ3n) is 6.43. The van der Waals surface area contributed by atoms with Gasteiger partial charge in [-0.05, 0) is 66.3 Å². The third-order valence-corrected chi connectivity index (χ3v) is 6.43. The van der Waals surface area contributed by atoms with E-state index in [2.05, 4.69) is 0 Å². The fourth-order valence-electron chi connectivity index (χ4n) is 4.59. The predicted molar refractivity (Wildman–Crippen MR) is 134 cm³/mol. The van der Waals surface area contributed by atoms with Crippen molar-refractivity contribution in [3.63, 3.8) is 0 Å². The number of hydrogen-bond acceptors (Lipinski definition) is 4. The Morgan fingerprint density at radius 3 is 2.21 bits per heavy atom. The van der Waals surface area contributed by atoms with Gasteiger partial charge in [-0.2, -0.15) is 0 Å². The van der Waals surface area contributed by atoms with E-state index >= 15 is 0 Å². The number of aliphatic hydroxyl groups is 1. The normalized spacial score (nSPS) is 17.5. The Hall–Kier alpha value is -3.86. The molecule has 4 rings (SSSR count). The molecule has 1 amide bonds. The van der Waals surface area contributed by atoms with Gasteiger partial charge in [-0.1, -0.05) is 56.3 Å². The van der Waals surface area contributed by atoms with Crippen LogP contribution in [-0.4, -0.2) is 23.9 Å². The van der Waals surface area contributed by atoms with E-state index in [1.54, 1.807) is 19.2 Å². The summed E-state index contributed by atoms with van der Waals surface area (Å²) in [5.74, 6) is -0.684. The number of nitrogens with zero attached hydrogens (tertiary/aromatic N) is 1. The number of anilines is 1. The number of carbonyl (C=O) groups is 2. The molecule has 3 aromatic rings.